The van der Waals surface area contributed by atoms with Gasteiger partial charge in [0.05, 0.1) is 15.5 Å². The van der Waals surface area contributed by atoms with Gasteiger partial charge in [0.15, 0.2) is 0 Å². The van der Waals surface area contributed by atoms with Gasteiger partial charge in [0.25, 0.3) is 0 Å². The second kappa shape index (κ2) is 8.08. The molecule has 0 fully saturated rings. The maximum atomic E-state index is 13.3. The van der Waals surface area contributed by atoms with Gasteiger partial charge in [-0.3, -0.25) is 4.79 Å². The van der Waals surface area contributed by atoms with E-state index >= 15 is 0 Å². The molecule has 0 aliphatic carbocycles. The van der Waals surface area contributed by atoms with Crippen molar-refractivity contribution in [3.05, 3.63) is 82.3 Å². The van der Waals surface area contributed by atoms with Crippen LogP contribution in [0.25, 0.3) is 10.6 Å². The van der Waals surface area contributed by atoms with Crippen molar-refractivity contribution in [1.82, 2.24) is 9.88 Å². The number of thiazole rings is 1. The van der Waals surface area contributed by atoms with Crippen molar-refractivity contribution in [3.63, 3.8) is 0 Å². The van der Waals surface area contributed by atoms with Crippen LogP contribution in [0.2, 0.25) is 0 Å². The summed E-state index contributed by atoms with van der Waals surface area (Å²) in [6.45, 7) is 1.72. The van der Waals surface area contributed by atoms with E-state index in [-0.39, 0.29) is 9.80 Å². The van der Waals surface area contributed by atoms with Crippen LogP contribution in [-0.2, 0) is 9.84 Å². The number of allylic oxidation sites excluding steroid dienone is 1. The molecule has 0 atom stereocenters. The second-order valence-corrected chi connectivity index (χ2v) is 9.32. The van der Waals surface area contributed by atoms with Crippen LogP contribution in [-0.4, -0.2) is 38.2 Å². The van der Waals surface area contributed by atoms with Crippen molar-refractivity contribution < 1.29 is 13.2 Å². The van der Waals surface area contributed by atoms with Crippen molar-refractivity contribution in [1.29, 1.82) is 0 Å². The molecule has 0 aliphatic rings. The Morgan fingerprint density at radius 3 is 2.14 bits per heavy atom. The maximum absolute atomic E-state index is 13.3. The Labute approximate surface area is 168 Å². The molecule has 144 valence electrons. The molecule has 0 aliphatic heterocycles. The third-order valence-corrected chi connectivity index (χ3v) is 6.93. The summed E-state index contributed by atoms with van der Waals surface area (Å²) in [7, 11) is -0.600. The fourth-order valence-electron chi connectivity index (χ4n) is 2.63. The first-order valence-electron chi connectivity index (χ1n) is 8.56. The average Bonchev–Trinajstić information content (AvgIpc) is 3.08. The van der Waals surface area contributed by atoms with Gasteiger partial charge in [0.1, 0.15) is 9.91 Å². The number of ketones is 1. The summed E-state index contributed by atoms with van der Waals surface area (Å²) in [5, 5.41) is 0.683. The maximum Gasteiger partial charge on any atom is 0.218 e. The number of Topliss-reactive ketones (excluding diaryl/α,β-unsaturated/α-hetero) is 1. The molecule has 1 heterocycles. The van der Waals surface area contributed by atoms with Gasteiger partial charge in [0, 0.05) is 25.9 Å². The first kappa shape index (κ1) is 20.0. The van der Waals surface area contributed by atoms with E-state index in [9.17, 15) is 13.2 Å². The van der Waals surface area contributed by atoms with Crippen LogP contribution >= 0.6 is 11.3 Å². The van der Waals surface area contributed by atoms with Gasteiger partial charge in [-0.15, -0.1) is 11.3 Å². The topological polar surface area (TPSA) is 67.3 Å². The van der Waals surface area contributed by atoms with E-state index in [2.05, 4.69) is 4.98 Å². The van der Waals surface area contributed by atoms with Crippen molar-refractivity contribution in [3.8, 4) is 10.6 Å². The first-order valence-corrected chi connectivity index (χ1v) is 10.9. The highest BCUT2D eigenvalue weighted by atomic mass is 32.2. The number of hydrogen-bond donors (Lipinski definition) is 0. The lowest BCUT2D eigenvalue weighted by molar-refractivity contribution is 0.104. The van der Waals surface area contributed by atoms with E-state index in [1.807, 2.05) is 30.3 Å². The Morgan fingerprint density at radius 2 is 1.57 bits per heavy atom. The van der Waals surface area contributed by atoms with Crippen LogP contribution in [0.4, 0.5) is 0 Å². The minimum absolute atomic E-state index is 0.0851. The summed E-state index contributed by atoms with van der Waals surface area (Å²) in [5.41, 5.74) is 1.40. The number of aromatic nitrogens is 1. The molecule has 0 unspecified atom stereocenters. The number of benzene rings is 2. The van der Waals surface area contributed by atoms with E-state index < -0.39 is 15.6 Å². The van der Waals surface area contributed by atoms with E-state index in [1.54, 1.807) is 44.1 Å². The number of aryl methyl sites for hydroxylation is 1. The van der Waals surface area contributed by atoms with E-state index in [4.69, 9.17) is 0 Å². The molecule has 28 heavy (non-hydrogen) atoms. The van der Waals surface area contributed by atoms with Gasteiger partial charge in [-0.05, 0) is 19.1 Å². The van der Waals surface area contributed by atoms with E-state index in [0.717, 1.165) is 5.56 Å². The molecular weight excluding hydrogens is 392 g/mol. The van der Waals surface area contributed by atoms with Crippen LogP contribution in [0, 0.1) is 6.92 Å². The minimum Gasteiger partial charge on any atom is -0.382 e. The lowest BCUT2D eigenvalue weighted by atomic mass is 10.2. The highest BCUT2D eigenvalue weighted by Gasteiger charge is 2.31. The van der Waals surface area contributed by atoms with Crippen LogP contribution in [0.1, 0.15) is 15.4 Å². The molecule has 3 aromatic rings. The van der Waals surface area contributed by atoms with Gasteiger partial charge in [0.2, 0.25) is 15.6 Å². The normalized spacial score (nSPS) is 12.0. The van der Waals surface area contributed by atoms with Crippen molar-refractivity contribution in [2.45, 2.75) is 11.8 Å². The first-order chi connectivity index (χ1) is 13.3. The van der Waals surface area contributed by atoms with Gasteiger partial charge in [-0.2, -0.15) is 0 Å². The molecule has 2 aromatic carbocycles. The summed E-state index contributed by atoms with van der Waals surface area (Å²) in [6, 6.07) is 17.5. The lowest BCUT2D eigenvalue weighted by Crippen LogP contribution is -2.18. The number of nitrogens with zero attached hydrogens (tertiary/aromatic N) is 2. The Bertz CT molecular complexity index is 1120. The summed E-state index contributed by atoms with van der Waals surface area (Å²) >= 11 is 1.20. The SMILES string of the molecule is Cc1nc(-c2ccccc2)sc1C(=O)/C(=C/N(C)C)S(=O)(=O)c1ccccc1. The molecule has 5 nitrogen and oxygen atoms in total. The van der Waals surface area contributed by atoms with Gasteiger partial charge < -0.3 is 4.90 Å². The minimum atomic E-state index is -3.97. The van der Waals surface area contributed by atoms with E-state index in [1.165, 1.54) is 29.7 Å². The smallest absolute Gasteiger partial charge is 0.218 e. The molecule has 0 spiro atoms. The number of carbonyl (C=O) groups is 1. The molecule has 0 saturated carbocycles. The number of sulfone groups is 1. The van der Waals surface area contributed by atoms with Crippen molar-refractivity contribution in [2.24, 2.45) is 0 Å². The monoisotopic (exact) mass is 412 g/mol. The van der Waals surface area contributed by atoms with E-state index in [0.29, 0.717) is 15.6 Å². The summed E-state index contributed by atoms with van der Waals surface area (Å²) in [4.78, 5) is 19.4. The summed E-state index contributed by atoms with van der Waals surface area (Å²) in [6.07, 6.45) is 1.35. The molecule has 0 radical (unpaired) electrons. The fraction of sp³-hybridized carbons (Fsp3) is 0.143. The Morgan fingerprint density at radius 1 is 1.00 bits per heavy atom. The van der Waals surface area contributed by atoms with Crippen molar-refractivity contribution in [2.75, 3.05) is 14.1 Å². The molecule has 0 N–H and O–H groups in total. The lowest BCUT2D eigenvalue weighted by Gasteiger charge is -2.12. The fourth-order valence-corrected chi connectivity index (χ4v) is 5.19. The Balaban J connectivity index is 2.09. The molecule has 0 saturated heterocycles. The van der Waals surface area contributed by atoms with Crippen LogP contribution in [0.15, 0.2) is 76.7 Å². The third kappa shape index (κ3) is 4.05. The predicted octanol–water partition coefficient (Wildman–Crippen LogP) is 4.18. The highest BCUT2D eigenvalue weighted by molar-refractivity contribution is 7.96. The second-order valence-electron chi connectivity index (χ2n) is 6.40. The Hall–Kier alpha value is -2.77. The standard InChI is InChI=1S/C21H20N2O3S2/c1-15-20(27-21(22-15)16-10-6-4-7-11-16)19(24)18(14-23(2)3)28(25,26)17-12-8-5-9-13-17/h4-14H,1-3H3/b18-14-. The zero-order valence-electron chi connectivity index (χ0n) is 15.8. The molecule has 3 rings (SSSR count). The highest BCUT2D eigenvalue weighted by Crippen LogP contribution is 2.31. The molecular formula is C21H20N2O3S2. The van der Waals surface area contributed by atoms with Gasteiger partial charge in [-0.1, -0.05) is 48.5 Å². The number of carbonyl (C=O) groups excluding carboxylic acids is 1. The molecule has 0 bridgehead atoms. The van der Waals surface area contributed by atoms with Crippen LogP contribution in [0.5, 0.6) is 0 Å². The zero-order valence-corrected chi connectivity index (χ0v) is 17.4. The van der Waals surface area contributed by atoms with Crippen molar-refractivity contribution >= 4 is 27.0 Å². The molecule has 1 aromatic heterocycles. The zero-order chi connectivity index (χ0) is 20.3. The largest absolute Gasteiger partial charge is 0.382 e. The molecule has 7 heteroatoms. The Kier molecular flexibility index (Phi) is 5.76. The average molecular weight is 413 g/mol. The third-order valence-electron chi connectivity index (χ3n) is 3.97. The number of rotatable bonds is 6. The quantitative estimate of drug-likeness (QED) is 0.449. The summed E-state index contributed by atoms with van der Waals surface area (Å²) < 4.78 is 26.3. The predicted molar refractivity (Wildman–Crippen MR) is 112 cm³/mol. The summed E-state index contributed by atoms with van der Waals surface area (Å²) in [5.74, 6) is -0.547. The van der Waals surface area contributed by atoms with Crippen LogP contribution in [0.3, 0.4) is 0 Å². The van der Waals surface area contributed by atoms with Crippen LogP contribution < -0.4 is 0 Å². The number of hydrogen-bond acceptors (Lipinski definition) is 6. The molecule has 0 amide bonds. The van der Waals surface area contributed by atoms with Gasteiger partial charge in [-0.25, -0.2) is 13.4 Å². The van der Waals surface area contributed by atoms with Gasteiger partial charge >= 0.3 is 0 Å².